The van der Waals surface area contributed by atoms with Gasteiger partial charge in [0.05, 0.1) is 18.9 Å². The number of carbonyl (C=O) groups excluding carboxylic acids is 9. The Balaban J connectivity index is 1.96. The second-order valence-electron chi connectivity index (χ2n) is 18.7. The molecule has 71 heavy (non-hydrogen) atoms. The molecule has 23 nitrogen and oxygen atoms in total. The van der Waals surface area contributed by atoms with E-state index in [1.165, 1.54) is 55.4 Å². The molecule has 1 aliphatic rings. The summed E-state index contributed by atoms with van der Waals surface area (Å²) in [5.74, 6) is -5.72. The predicted molar refractivity (Wildman–Crippen MR) is 264 cm³/mol. The van der Waals surface area contributed by atoms with Gasteiger partial charge < -0.3 is 63.3 Å². The zero-order valence-corrected chi connectivity index (χ0v) is 42.2. The van der Waals surface area contributed by atoms with E-state index in [0.29, 0.717) is 30.5 Å². The summed E-state index contributed by atoms with van der Waals surface area (Å²) >= 11 is 0. The number of H-pyrrole nitrogens is 1. The number of nitrogens with two attached hydrogens (primary N) is 2. The molecule has 23 heteroatoms. The molecule has 1 aliphatic heterocycles. The molecule has 1 aromatic carbocycles. The maximum atomic E-state index is 14.6. The van der Waals surface area contributed by atoms with Crippen LogP contribution in [0.15, 0.2) is 41.8 Å². The van der Waals surface area contributed by atoms with Crippen LogP contribution in [-0.4, -0.2) is 153 Å². The SMILES string of the molecule is CCC(C)CC(NC(=O)C(Cc1ccc(O)cc1)NC(=O)C(CC(C)C)NC(=O)C(CCCN=C(N)N)NC(=O)CN(C)C(C)=O)C(=O)NC(Cc1cnc[nH]1)C(=O)N1CCCC1C(=O)NC(C)C(C)=O. The lowest BCUT2D eigenvalue weighted by Crippen LogP contribution is -2.60. The molecule has 8 unspecified atom stereocenters. The third-order valence-electron chi connectivity index (χ3n) is 12.2. The number of benzene rings is 1. The van der Waals surface area contributed by atoms with E-state index in [1.807, 2.05) is 27.7 Å². The van der Waals surface area contributed by atoms with Gasteiger partial charge in [-0.15, -0.1) is 0 Å². The number of ketones is 1. The van der Waals surface area contributed by atoms with Gasteiger partial charge in [-0.25, -0.2) is 4.98 Å². The van der Waals surface area contributed by atoms with Crippen molar-refractivity contribution in [2.45, 2.75) is 149 Å². The van der Waals surface area contributed by atoms with Crippen molar-refractivity contribution in [2.24, 2.45) is 28.3 Å². The fourth-order valence-electron chi connectivity index (χ4n) is 7.74. The van der Waals surface area contributed by atoms with Gasteiger partial charge in [-0.2, -0.15) is 0 Å². The second kappa shape index (κ2) is 28.6. The van der Waals surface area contributed by atoms with Crippen molar-refractivity contribution < 1.29 is 48.3 Å². The van der Waals surface area contributed by atoms with Crippen molar-refractivity contribution in [3.63, 3.8) is 0 Å². The maximum Gasteiger partial charge on any atom is 0.246 e. The Bertz CT molecular complexity index is 2160. The summed E-state index contributed by atoms with van der Waals surface area (Å²) in [6.45, 7) is 11.7. The fourth-order valence-corrected chi connectivity index (χ4v) is 7.74. The number of imidazole rings is 1. The highest BCUT2D eigenvalue weighted by Crippen LogP contribution is 2.21. The van der Waals surface area contributed by atoms with Crippen LogP contribution in [0.25, 0.3) is 0 Å². The molecule has 0 bridgehead atoms. The number of aliphatic imine (C=N–C) groups is 1. The number of nitrogens with zero attached hydrogens (tertiary/aromatic N) is 4. The number of phenolic OH excluding ortho intramolecular Hbond substituents is 1. The Morgan fingerprint density at radius 2 is 1.41 bits per heavy atom. The first kappa shape index (κ1) is 58.2. The molecule has 2 aromatic rings. The summed E-state index contributed by atoms with van der Waals surface area (Å²) in [6, 6.07) is -1.93. The molecule has 2 heterocycles. The number of Topliss-reactive ketones (excluding diaryl/α,β-unsaturated/α-hetero) is 1. The van der Waals surface area contributed by atoms with Crippen LogP contribution in [0.3, 0.4) is 0 Å². The number of hydrogen-bond donors (Lipinski definition) is 10. The molecule has 0 aliphatic carbocycles. The first-order chi connectivity index (χ1) is 33.5. The molecule has 0 saturated carbocycles. The molecular weight excluding hydrogens is 919 g/mol. The highest BCUT2D eigenvalue weighted by Gasteiger charge is 2.40. The minimum absolute atomic E-state index is 0.0394. The number of guanidine groups is 1. The van der Waals surface area contributed by atoms with E-state index in [9.17, 15) is 48.3 Å². The molecule has 392 valence electrons. The summed E-state index contributed by atoms with van der Waals surface area (Å²) in [6.07, 6.45) is 4.77. The fraction of sp³-hybridized carbons (Fsp3) is 0.604. The molecule has 3 rings (SSSR count). The van der Waals surface area contributed by atoms with Crippen molar-refractivity contribution in [2.75, 3.05) is 26.7 Å². The predicted octanol–water partition coefficient (Wildman–Crippen LogP) is -0.577. The highest BCUT2D eigenvalue weighted by atomic mass is 16.3. The molecule has 8 atom stereocenters. The Hall–Kier alpha value is -7.07. The summed E-state index contributed by atoms with van der Waals surface area (Å²) in [7, 11) is 1.43. The number of rotatable bonds is 28. The van der Waals surface area contributed by atoms with Crippen molar-refractivity contribution in [1.82, 2.24) is 51.7 Å². The van der Waals surface area contributed by atoms with E-state index < -0.39 is 83.6 Å². The number of aromatic hydroxyl groups is 1. The zero-order chi connectivity index (χ0) is 52.9. The van der Waals surface area contributed by atoms with Crippen LogP contribution in [0.2, 0.25) is 0 Å². The number of carbonyl (C=O) groups is 9. The molecule has 0 spiro atoms. The van der Waals surface area contributed by atoms with E-state index in [-0.39, 0.29) is 93.4 Å². The number of amides is 8. The van der Waals surface area contributed by atoms with Crippen LogP contribution in [0.4, 0.5) is 0 Å². The summed E-state index contributed by atoms with van der Waals surface area (Å²) in [5.41, 5.74) is 12.0. The van der Waals surface area contributed by atoms with Crippen molar-refractivity contribution in [1.29, 1.82) is 0 Å². The van der Waals surface area contributed by atoms with E-state index in [0.717, 1.165) is 0 Å². The average molecular weight is 994 g/mol. The molecule has 12 N–H and O–H groups in total. The van der Waals surface area contributed by atoms with Gasteiger partial charge in [-0.05, 0) is 81.9 Å². The van der Waals surface area contributed by atoms with Gasteiger partial charge in [-0.1, -0.05) is 46.2 Å². The van der Waals surface area contributed by atoms with E-state index in [1.54, 1.807) is 19.1 Å². The average Bonchev–Trinajstić information content (AvgIpc) is 4.02. The van der Waals surface area contributed by atoms with Gasteiger partial charge in [0, 0.05) is 51.8 Å². The first-order valence-electron chi connectivity index (χ1n) is 24.1. The first-order valence-corrected chi connectivity index (χ1v) is 24.1. The third kappa shape index (κ3) is 19.7. The molecule has 1 saturated heterocycles. The highest BCUT2D eigenvalue weighted by molar-refractivity contribution is 5.98. The second-order valence-corrected chi connectivity index (χ2v) is 18.7. The maximum absolute atomic E-state index is 14.6. The van der Waals surface area contributed by atoms with Gasteiger partial charge in [0.1, 0.15) is 42.0 Å². The molecule has 8 amide bonds. The molecule has 1 aromatic heterocycles. The van der Waals surface area contributed by atoms with Gasteiger partial charge in [-0.3, -0.25) is 48.1 Å². The molecule has 1 fully saturated rings. The summed E-state index contributed by atoms with van der Waals surface area (Å²) in [5, 5.41) is 26.5. The smallest absolute Gasteiger partial charge is 0.246 e. The lowest BCUT2D eigenvalue weighted by atomic mass is 9.97. The van der Waals surface area contributed by atoms with Gasteiger partial charge >= 0.3 is 0 Å². The number of likely N-dealkylation sites (tertiary alicyclic amines) is 1. The minimum Gasteiger partial charge on any atom is -0.508 e. The van der Waals surface area contributed by atoms with Crippen molar-refractivity contribution in [3.05, 3.63) is 48.0 Å². The number of aromatic nitrogens is 2. The van der Waals surface area contributed by atoms with Crippen LogP contribution in [0, 0.1) is 11.8 Å². The Labute approximate surface area is 415 Å². The number of likely N-dealkylation sites (N-methyl/N-ethyl adjacent to an activating group) is 1. The van der Waals surface area contributed by atoms with Crippen LogP contribution in [0.1, 0.15) is 105 Å². The van der Waals surface area contributed by atoms with Crippen LogP contribution in [-0.2, 0) is 56.0 Å². The number of hydrogen-bond acceptors (Lipinski definition) is 12. The van der Waals surface area contributed by atoms with Gasteiger partial charge in [0.15, 0.2) is 11.7 Å². The monoisotopic (exact) mass is 994 g/mol. The standard InChI is InChI=1S/C48H75N13O10/c1-9-28(4)21-37(44(68)59-39(23-33-24-51-26-53-33)47(71)61-19-11-13-40(61)46(70)54-29(5)30(6)62)57-45(69)38(22-32-14-16-34(64)17-15-32)58-43(67)36(20-27(2)3)56-42(66)35(12-10-18-52-48(49)50)55-41(65)25-60(8)31(7)63/h14-17,24,26-29,35-40,64H,9-13,18-23,25H2,1-8H3,(H,51,53)(H,54,70)(H,55,65)(H,56,66)(H,57,69)(H,58,67)(H,59,68)(H4,49,50,52). The van der Waals surface area contributed by atoms with Crippen LogP contribution < -0.4 is 43.4 Å². The van der Waals surface area contributed by atoms with E-state index in [4.69, 9.17) is 11.5 Å². The van der Waals surface area contributed by atoms with E-state index >= 15 is 0 Å². The summed E-state index contributed by atoms with van der Waals surface area (Å²) < 4.78 is 0. The van der Waals surface area contributed by atoms with Gasteiger partial charge in [0.25, 0.3) is 0 Å². The Morgan fingerprint density at radius 3 is 1.97 bits per heavy atom. The van der Waals surface area contributed by atoms with Crippen molar-refractivity contribution in [3.8, 4) is 5.75 Å². The van der Waals surface area contributed by atoms with Gasteiger partial charge in [0.2, 0.25) is 47.3 Å². The number of aromatic amines is 1. The Kier molecular flexibility index (Phi) is 23.4. The molecule has 0 radical (unpaired) electrons. The van der Waals surface area contributed by atoms with Crippen molar-refractivity contribution >= 4 is 59.0 Å². The van der Waals surface area contributed by atoms with Crippen LogP contribution in [0.5, 0.6) is 5.75 Å². The quantitative estimate of drug-likeness (QED) is 0.0290. The third-order valence-corrected chi connectivity index (χ3v) is 12.2. The largest absolute Gasteiger partial charge is 0.508 e. The zero-order valence-electron chi connectivity index (χ0n) is 42.2. The minimum atomic E-state index is -1.35. The topological polar surface area (TPSA) is 346 Å². The van der Waals surface area contributed by atoms with E-state index in [2.05, 4.69) is 46.9 Å². The lowest BCUT2D eigenvalue weighted by molar-refractivity contribution is -0.142. The number of nitrogens with one attached hydrogen (secondary N) is 7. The molecular formula is C48H75N13O10. The van der Waals surface area contributed by atoms with Crippen LogP contribution >= 0.6 is 0 Å². The summed E-state index contributed by atoms with van der Waals surface area (Å²) in [4.78, 5) is 135. The lowest BCUT2D eigenvalue weighted by Gasteiger charge is -2.31. The number of phenols is 1. The normalized spacial score (nSPS) is 16.2. The Morgan fingerprint density at radius 1 is 0.817 bits per heavy atom.